The highest BCUT2D eigenvalue weighted by Crippen LogP contribution is 2.13. The molecule has 0 saturated carbocycles. The van der Waals surface area contributed by atoms with Gasteiger partial charge in [-0.3, -0.25) is 4.79 Å². The molecule has 0 atom stereocenters. The fourth-order valence-electron chi connectivity index (χ4n) is 2.30. The summed E-state index contributed by atoms with van der Waals surface area (Å²) >= 11 is 5.90. The molecule has 0 spiro atoms. The highest BCUT2D eigenvalue weighted by Gasteiger charge is 2.03. The Hall–Kier alpha value is -2.00. The minimum Gasteiger partial charge on any atom is -0.492 e. The molecule has 2 aromatic rings. The van der Waals surface area contributed by atoms with E-state index in [2.05, 4.69) is 24.4 Å². The first kappa shape index (κ1) is 17.4. The van der Waals surface area contributed by atoms with Crippen LogP contribution in [-0.2, 0) is 17.6 Å². The minimum absolute atomic E-state index is 0.0332. The quantitative estimate of drug-likeness (QED) is 0.742. The lowest BCUT2D eigenvalue weighted by atomic mass is 10.1. The van der Waals surface area contributed by atoms with Gasteiger partial charge >= 0.3 is 0 Å². The predicted molar refractivity (Wildman–Crippen MR) is 94.1 cm³/mol. The molecule has 2 aromatic carbocycles. The SMILES string of the molecule is CCCc1ccc(OCCNC(=O)Cc2cccc(Cl)c2)cc1. The smallest absolute Gasteiger partial charge is 0.224 e. The van der Waals surface area contributed by atoms with Crippen LogP contribution in [0.3, 0.4) is 0 Å². The second kappa shape index (κ2) is 9.21. The molecule has 0 unspecified atom stereocenters. The third kappa shape index (κ3) is 6.33. The van der Waals surface area contributed by atoms with Crippen molar-refractivity contribution in [3.8, 4) is 5.75 Å². The molecule has 1 N–H and O–H groups in total. The van der Waals surface area contributed by atoms with Crippen LogP contribution < -0.4 is 10.1 Å². The number of rotatable bonds is 8. The maximum Gasteiger partial charge on any atom is 0.224 e. The molecule has 0 aliphatic rings. The van der Waals surface area contributed by atoms with E-state index in [4.69, 9.17) is 16.3 Å². The van der Waals surface area contributed by atoms with Crippen LogP contribution in [0.25, 0.3) is 0 Å². The Bertz CT molecular complexity index is 626. The van der Waals surface area contributed by atoms with Gasteiger partial charge in [0.2, 0.25) is 5.91 Å². The predicted octanol–water partition coefficient (Wildman–Crippen LogP) is 4.03. The lowest BCUT2D eigenvalue weighted by Crippen LogP contribution is -2.29. The molecule has 0 fully saturated rings. The van der Waals surface area contributed by atoms with Crippen molar-refractivity contribution in [2.24, 2.45) is 0 Å². The second-order valence-electron chi connectivity index (χ2n) is 5.40. The van der Waals surface area contributed by atoms with Gasteiger partial charge in [-0.2, -0.15) is 0 Å². The molecule has 1 amide bonds. The Balaban J connectivity index is 1.67. The number of ether oxygens (including phenoxy) is 1. The van der Waals surface area contributed by atoms with Crippen molar-refractivity contribution in [3.05, 3.63) is 64.7 Å². The van der Waals surface area contributed by atoms with Gasteiger partial charge in [0.25, 0.3) is 0 Å². The van der Waals surface area contributed by atoms with Crippen molar-refractivity contribution in [2.45, 2.75) is 26.2 Å². The molecule has 0 aromatic heterocycles. The van der Waals surface area contributed by atoms with Gasteiger partial charge in [0.05, 0.1) is 13.0 Å². The number of carbonyl (C=O) groups excluding carboxylic acids is 1. The van der Waals surface area contributed by atoms with Crippen molar-refractivity contribution in [3.63, 3.8) is 0 Å². The van der Waals surface area contributed by atoms with E-state index < -0.39 is 0 Å². The maximum atomic E-state index is 11.8. The molecule has 0 aliphatic heterocycles. The number of carbonyl (C=O) groups is 1. The highest BCUT2D eigenvalue weighted by molar-refractivity contribution is 6.30. The highest BCUT2D eigenvalue weighted by atomic mass is 35.5. The van der Waals surface area contributed by atoms with Crippen LogP contribution >= 0.6 is 11.6 Å². The van der Waals surface area contributed by atoms with E-state index in [0.717, 1.165) is 24.2 Å². The Labute approximate surface area is 142 Å². The fraction of sp³-hybridized carbons (Fsp3) is 0.316. The third-order valence-corrected chi connectivity index (χ3v) is 3.64. The molecule has 2 rings (SSSR count). The standard InChI is InChI=1S/C19H22ClNO2/c1-2-4-15-7-9-18(10-8-15)23-12-11-21-19(22)14-16-5-3-6-17(20)13-16/h3,5-10,13H,2,4,11-12,14H2,1H3,(H,21,22). The van der Waals surface area contributed by atoms with Crippen LogP contribution in [0.2, 0.25) is 5.02 Å². The lowest BCUT2D eigenvalue weighted by molar-refractivity contribution is -0.120. The topological polar surface area (TPSA) is 38.3 Å². The number of benzene rings is 2. The molecule has 4 heteroatoms. The summed E-state index contributed by atoms with van der Waals surface area (Å²) in [5, 5.41) is 3.49. The summed E-state index contributed by atoms with van der Waals surface area (Å²) in [4.78, 5) is 11.8. The Morgan fingerprint density at radius 1 is 1.13 bits per heavy atom. The Kier molecular flexibility index (Phi) is 6.95. The zero-order valence-electron chi connectivity index (χ0n) is 13.3. The van der Waals surface area contributed by atoms with Crippen molar-refractivity contribution >= 4 is 17.5 Å². The number of hydrogen-bond acceptors (Lipinski definition) is 2. The van der Waals surface area contributed by atoms with Gasteiger partial charge in [-0.05, 0) is 41.8 Å². The summed E-state index contributed by atoms with van der Waals surface area (Å²) < 4.78 is 5.62. The van der Waals surface area contributed by atoms with Crippen LogP contribution in [-0.4, -0.2) is 19.1 Å². The van der Waals surface area contributed by atoms with Gasteiger partial charge in [0, 0.05) is 5.02 Å². The molecule has 0 bridgehead atoms. The second-order valence-corrected chi connectivity index (χ2v) is 5.84. The van der Waals surface area contributed by atoms with Gasteiger partial charge in [0.15, 0.2) is 0 Å². The van der Waals surface area contributed by atoms with Crippen LogP contribution in [0.1, 0.15) is 24.5 Å². The first-order valence-electron chi connectivity index (χ1n) is 7.90. The number of aryl methyl sites for hydroxylation is 1. The normalized spacial score (nSPS) is 10.3. The Morgan fingerprint density at radius 2 is 1.91 bits per heavy atom. The van der Waals surface area contributed by atoms with Crippen LogP contribution in [0, 0.1) is 0 Å². The lowest BCUT2D eigenvalue weighted by Gasteiger charge is -2.08. The zero-order valence-corrected chi connectivity index (χ0v) is 14.1. The summed E-state index contributed by atoms with van der Waals surface area (Å²) in [6.07, 6.45) is 2.55. The van der Waals surface area contributed by atoms with Crippen LogP contribution in [0.5, 0.6) is 5.75 Å². The maximum absolute atomic E-state index is 11.8. The van der Waals surface area contributed by atoms with Crippen molar-refractivity contribution in [2.75, 3.05) is 13.2 Å². The first-order valence-corrected chi connectivity index (χ1v) is 8.28. The van der Waals surface area contributed by atoms with E-state index in [1.807, 2.05) is 24.3 Å². The van der Waals surface area contributed by atoms with Crippen LogP contribution in [0.4, 0.5) is 0 Å². The van der Waals surface area contributed by atoms with E-state index in [1.54, 1.807) is 12.1 Å². The molecule has 0 aliphatic carbocycles. The summed E-state index contributed by atoms with van der Waals surface area (Å²) in [6.45, 7) is 3.10. The largest absolute Gasteiger partial charge is 0.492 e. The van der Waals surface area contributed by atoms with E-state index in [9.17, 15) is 4.79 Å². The van der Waals surface area contributed by atoms with Gasteiger partial charge < -0.3 is 10.1 Å². The first-order chi connectivity index (χ1) is 11.2. The average molecular weight is 332 g/mol. The van der Waals surface area contributed by atoms with Gasteiger partial charge in [-0.15, -0.1) is 0 Å². The van der Waals surface area contributed by atoms with Crippen molar-refractivity contribution < 1.29 is 9.53 Å². The monoisotopic (exact) mass is 331 g/mol. The molecule has 0 radical (unpaired) electrons. The van der Waals surface area contributed by atoms with E-state index in [0.29, 0.717) is 24.6 Å². The third-order valence-electron chi connectivity index (χ3n) is 3.41. The summed E-state index contributed by atoms with van der Waals surface area (Å²) in [5.41, 5.74) is 2.22. The summed E-state index contributed by atoms with van der Waals surface area (Å²) in [7, 11) is 0. The summed E-state index contributed by atoms with van der Waals surface area (Å²) in [5.74, 6) is 0.795. The minimum atomic E-state index is -0.0332. The number of halogens is 1. The molecular weight excluding hydrogens is 310 g/mol. The fourth-order valence-corrected chi connectivity index (χ4v) is 2.51. The number of nitrogens with one attached hydrogen (secondary N) is 1. The molecular formula is C19H22ClNO2. The molecule has 0 saturated heterocycles. The van der Waals surface area contributed by atoms with Gasteiger partial charge in [-0.25, -0.2) is 0 Å². The molecule has 3 nitrogen and oxygen atoms in total. The molecule has 23 heavy (non-hydrogen) atoms. The number of amides is 1. The average Bonchev–Trinajstić information content (AvgIpc) is 2.53. The molecule has 0 heterocycles. The van der Waals surface area contributed by atoms with Crippen molar-refractivity contribution in [1.29, 1.82) is 0 Å². The number of hydrogen-bond donors (Lipinski definition) is 1. The van der Waals surface area contributed by atoms with E-state index >= 15 is 0 Å². The van der Waals surface area contributed by atoms with Gasteiger partial charge in [-0.1, -0.05) is 49.2 Å². The molecule has 122 valence electrons. The van der Waals surface area contributed by atoms with E-state index in [1.165, 1.54) is 5.56 Å². The zero-order chi connectivity index (χ0) is 16.5. The summed E-state index contributed by atoms with van der Waals surface area (Å²) in [6, 6.07) is 15.4. The Morgan fingerprint density at radius 3 is 2.61 bits per heavy atom. The van der Waals surface area contributed by atoms with Gasteiger partial charge in [0.1, 0.15) is 12.4 Å². The van der Waals surface area contributed by atoms with E-state index in [-0.39, 0.29) is 5.91 Å². The van der Waals surface area contributed by atoms with Crippen molar-refractivity contribution in [1.82, 2.24) is 5.32 Å². The van der Waals surface area contributed by atoms with Crippen LogP contribution in [0.15, 0.2) is 48.5 Å².